The van der Waals surface area contributed by atoms with Crippen molar-refractivity contribution in [2.24, 2.45) is 0 Å². The van der Waals surface area contributed by atoms with Crippen molar-refractivity contribution >= 4 is 17.4 Å². The highest BCUT2D eigenvalue weighted by Gasteiger charge is 2.08. The number of halogens is 1. The minimum atomic E-state index is 0.514. The van der Waals surface area contributed by atoms with Gasteiger partial charge in [-0.05, 0) is 66.1 Å². The van der Waals surface area contributed by atoms with E-state index >= 15 is 0 Å². The number of H-pyrrole nitrogens is 1. The van der Waals surface area contributed by atoms with E-state index in [0.717, 1.165) is 39.6 Å². The van der Waals surface area contributed by atoms with Gasteiger partial charge in [-0.1, -0.05) is 17.7 Å². The zero-order valence-corrected chi connectivity index (χ0v) is 16.4. The first kappa shape index (κ1) is 18.7. The van der Waals surface area contributed by atoms with Crippen molar-refractivity contribution in [2.45, 2.75) is 13.5 Å². The van der Waals surface area contributed by atoms with Crippen LogP contribution in [0.5, 0.6) is 0 Å². The fourth-order valence-electron chi connectivity index (χ4n) is 3.07. The summed E-state index contributed by atoms with van der Waals surface area (Å²) in [5.74, 6) is 0.747. The van der Waals surface area contributed by atoms with Crippen molar-refractivity contribution in [2.75, 3.05) is 5.32 Å². The Bertz CT molecular complexity index is 1210. The molecule has 1 aromatic carbocycles. The molecule has 0 saturated carbocycles. The summed E-state index contributed by atoms with van der Waals surface area (Å²) < 4.78 is 0. The summed E-state index contributed by atoms with van der Waals surface area (Å²) in [6, 6.07) is 17.2. The van der Waals surface area contributed by atoms with Crippen LogP contribution in [-0.4, -0.2) is 20.2 Å². The normalized spacial score (nSPS) is 10.5. The molecule has 0 aliphatic heterocycles. The molecule has 0 amide bonds. The highest BCUT2D eigenvalue weighted by molar-refractivity contribution is 6.30. The molecule has 0 unspecified atom stereocenters. The van der Waals surface area contributed by atoms with E-state index in [-0.39, 0.29) is 0 Å². The second-order valence-corrected chi connectivity index (χ2v) is 6.99. The summed E-state index contributed by atoms with van der Waals surface area (Å²) in [6.07, 6.45) is 3.43. The largest absolute Gasteiger partial charge is 0.364 e. The Morgan fingerprint density at radius 1 is 1.07 bits per heavy atom. The lowest BCUT2D eigenvalue weighted by molar-refractivity contribution is 0.975. The molecule has 3 heterocycles. The molecule has 6 nitrogen and oxygen atoms in total. The number of benzene rings is 1. The highest BCUT2D eigenvalue weighted by Crippen LogP contribution is 2.26. The molecule has 0 atom stereocenters. The molecule has 0 bridgehead atoms. The Hall–Kier alpha value is -3.69. The second-order valence-electron chi connectivity index (χ2n) is 6.56. The molecule has 0 spiro atoms. The molecule has 29 heavy (non-hydrogen) atoms. The van der Waals surface area contributed by atoms with Crippen molar-refractivity contribution in [1.29, 1.82) is 5.26 Å². The van der Waals surface area contributed by atoms with Crippen LogP contribution >= 0.6 is 11.6 Å². The molecule has 0 radical (unpaired) electrons. The maximum atomic E-state index is 9.04. The van der Waals surface area contributed by atoms with E-state index in [1.807, 2.05) is 43.3 Å². The quantitative estimate of drug-likeness (QED) is 0.493. The van der Waals surface area contributed by atoms with Gasteiger partial charge in [0.1, 0.15) is 5.82 Å². The Balaban J connectivity index is 1.49. The van der Waals surface area contributed by atoms with Crippen molar-refractivity contribution < 1.29 is 0 Å². The van der Waals surface area contributed by atoms with Gasteiger partial charge in [0.15, 0.2) is 0 Å². The lowest BCUT2D eigenvalue weighted by atomic mass is 9.99. The van der Waals surface area contributed by atoms with Crippen LogP contribution in [0.15, 0.2) is 60.9 Å². The lowest BCUT2D eigenvalue weighted by Gasteiger charge is -2.09. The van der Waals surface area contributed by atoms with Crippen LogP contribution in [0.4, 0.5) is 5.82 Å². The molecule has 4 rings (SSSR count). The minimum Gasteiger partial charge on any atom is -0.364 e. The van der Waals surface area contributed by atoms with Gasteiger partial charge in [-0.3, -0.25) is 10.1 Å². The molecular formula is C22H17ClN6. The van der Waals surface area contributed by atoms with E-state index in [9.17, 15) is 0 Å². The average molecular weight is 401 g/mol. The number of anilines is 1. The van der Waals surface area contributed by atoms with Crippen LogP contribution in [0.3, 0.4) is 0 Å². The third-order valence-corrected chi connectivity index (χ3v) is 4.74. The predicted octanol–water partition coefficient (Wildman–Crippen LogP) is 4.98. The van der Waals surface area contributed by atoms with E-state index in [2.05, 4.69) is 31.6 Å². The van der Waals surface area contributed by atoms with Gasteiger partial charge < -0.3 is 5.32 Å². The standard InChI is InChI=1S/C22H17ClN6/c1-14-8-15(12-24)2-3-19(14)16-4-6-26-22(9-16)27-13-18-11-21(29-28-18)20-10-17(23)5-7-25-20/h2-11H,13H2,1H3,(H,26,27)(H,28,29). The van der Waals surface area contributed by atoms with Gasteiger partial charge in [-0.15, -0.1) is 0 Å². The summed E-state index contributed by atoms with van der Waals surface area (Å²) in [6.45, 7) is 2.51. The van der Waals surface area contributed by atoms with Crippen molar-refractivity contribution in [3.8, 4) is 28.6 Å². The van der Waals surface area contributed by atoms with E-state index in [0.29, 0.717) is 17.1 Å². The van der Waals surface area contributed by atoms with Gasteiger partial charge in [0.25, 0.3) is 0 Å². The van der Waals surface area contributed by atoms with Crippen LogP contribution in [0.25, 0.3) is 22.5 Å². The predicted molar refractivity (Wildman–Crippen MR) is 113 cm³/mol. The van der Waals surface area contributed by atoms with E-state index < -0.39 is 0 Å². The third-order valence-electron chi connectivity index (χ3n) is 4.51. The number of nitrogens with one attached hydrogen (secondary N) is 2. The first-order chi connectivity index (χ1) is 14.1. The van der Waals surface area contributed by atoms with E-state index in [4.69, 9.17) is 16.9 Å². The maximum Gasteiger partial charge on any atom is 0.126 e. The molecule has 0 saturated heterocycles. The van der Waals surface area contributed by atoms with Crippen molar-refractivity contribution in [1.82, 2.24) is 20.2 Å². The lowest BCUT2D eigenvalue weighted by Crippen LogP contribution is -2.01. The average Bonchev–Trinajstić information content (AvgIpc) is 3.21. The summed E-state index contributed by atoms with van der Waals surface area (Å²) in [4.78, 5) is 8.69. The molecule has 7 heteroatoms. The molecule has 0 aliphatic rings. The maximum absolute atomic E-state index is 9.04. The Morgan fingerprint density at radius 3 is 2.72 bits per heavy atom. The zero-order chi connectivity index (χ0) is 20.2. The molecule has 0 aliphatic carbocycles. The fraction of sp³-hybridized carbons (Fsp3) is 0.0909. The van der Waals surface area contributed by atoms with Gasteiger partial charge in [0, 0.05) is 17.4 Å². The number of nitriles is 1. The highest BCUT2D eigenvalue weighted by atomic mass is 35.5. The molecule has 142 valence electrons. The number of hydrogen-bond donors (Lipinski definition) is 2. The topological polar surface area (TPSA) is 90.3 Å². The smallest absolute Gasteiger partial charge is 0.126 e. The summed E-state index contributed by atoms with van der Waals surface area (Å²) >= 11 is 6.03. The molecule has 4 aromatic rings. The first-order valence-electron chi connectivity index (χ1n) is 8.99. The van der Waals surface area contributed by atoms with Crippen LogP contribution < -0.4 is 5.32 Å². The van der Waals surface area contributed by atoms with Gasteiger partial charge in [0.2, 0.25) is 0 Å². The number of aromatic amines is 1. The zero-order valence-electron chi connectivity index (χ0n) is 15.6. The number of aryl methyl sites for hydroxylation is 1. The summed E-state index contributed by atoms with van der Waals surface area (Å²) in [5, 5.41) is 20.3. The second kappa shape index (κ2) is 8.13. The van der Waals surface area contributed by atoms with Gasteiger partial charge in [0.05, 0.1) is 35.3 Å². The van der Waals surface area contributed by atoms with Gasteiger partial charge in [-0.2, -0.15) is 10.4 Å². The van der Waals surface area contributed by atoms with Crippen LogP contribution in [-0.2, 0) is 6.54 Å². The third kappa shape index (κ3) is 4.26. The number of rotatable bonds is 5. The van der Waals surface area contributed by atoms with Crippen molar-refractivity contribution in [3.63, 3.8) is 0 Å². The summed E-state index contributed by atoms with van der Waals surface area (Å²) in [7, 11) is 0. The van der Waals surface area contributed by atoms with Crippen LogP contribution in [0, 0.1) is 18.3 Å². The first-order valence-corrected chi connectivity index (χ1v) is 9.37. The number of nitrogens with zero attached hydrogens (tertiary/aromatic N) is 4. The van der Waals surface area contributed by atoms with Gasteiger partial charge in [-0.25, -0.2) is 4.98 Å². The summed E-state index contributed by atoms with van der Waals surface area (Å²) in [5.41, 5.74) is 6.20. The molecule has 3 aromatic heterocycles. The van der Waals surface area contributed by atoms with Crippen LogP contribution in [0.1, 0.15) is 16.8 Å². The van der Waals surface area contributed by atoms with E-state index in [1.165, 1.54) is 0 Å². The number of aromatic nitrogens is 4. The molecule has 2 N–H and O–H groups in total. The monoisotopic (exact) mass is 400 g/mol. The molecular weight excluding hydrogens is 384 g/mol. The molecule has 0 fully saturated rings. The Kier molecular flexibility index (Phi) is 5.23. The Labute approximate surface area is 173 Å². The van der Waals surface area contributed by atoms with Crippen LogP contribution in [0.2, 0.25) is 5.02 Å². The van der Waals surface area contributed by atoms with Crippen molar-refractivity contribution in [3.05, 3.63) is 82.8 Å². The van der Waals surface area contributed by atoms with Gasteiger partial charge >= 0.3 is 0 Å². The SMILES string of the molecule is Cc1cc(C#N)ccc1-c1ccnc(NCc2cc(-c3cc(Cl)ccn3)[nH]n2)c1. The fourth-order valence-corrected chi connectivity index (χ4v) is 3.23. The number of hydrogen-bond acceptors (Lipinski definition) is 5. The van der Waals surface area contributed by atoms with E-state index in [1.54, 1.807) is 24.5 Å². The Morgan fingerprint density at radius 2 is 1.93 bits per heavy atom. The number of pyridine rings is 2. The minimum absolute atomic E-state index is 0.514.